The van der Waals surface area contributed by atoms with Crippen molar-refractivity contribution >= 4 is 5.69 Å². The van der Waals surface area contributed by atoms with E-state index in [1.807, 2.05) is 19.2 Å². The van der Waals surface area contributed by atoms with E-state index in [-0.39, 0.29) is 0 Å². The van der Waals surface area contributed by atoms with Gasteiger partial charge in [-0.15, -0.1) is 0 Å². The largest absolute Gasteiger partial charge is 0.277 e. The summed E-state index contributed by atoms with van der Waals surface area (Å²) in [6, 6.07) is 8.17. The summed E-state index contributed by atoms with van der Waals surface area (Å²) in [5.74, 6) is 0. The van der Waals surface area contributed by atoms with Crippen LogP contribution in [0, 0.1) is 6.92 Å². The van der Waals surface area contributed by atoms with E-state index in [2.05, 4.69) is 19.1 Å². The molecule has 0 fully saturated rings. The van der Waals surface area contributed by atoms with Gasteiger partial charge < -0.3 is 0 Å². The number of benzene rings is 1. The van der Waals surface area contributed by atoms with Gasteiger partial charge in [-0.2, -0.15) is 0 Å². The Labute approximate surface area is 67.4 Å². The van der Waals surface area contributed by atoms with Gasteiger partial charge in [-0.3, -0.25) is 9.90 Å². The van der Waals surface area contributed by atoms with Crippen LogP contribution < -0.4 is 5.06 Å². The molecule has 0 aliphatic heterocycles. The fourth-order valence-corrected chi connectivity index (χ4v) is 0.860. The maximum Gasteiger partial charge on any atom is 0.0638 e. The van der Waals surface area contributed by atoms with Crippen molar-refractivity contribution in [3.8, 4) is 0 Å². The minimum Gasteiger partial charge on any atom is -0.277 e. The second kappa shape index (κ2) is 3.39. The van der Waals surface area contributed by atoms with Gasteiger partial charge in [0.1, 0.15) is 0 Å². The van der Waals surface area contributed by atoms with Gasteiger partial charge in [-0.25, -0.2) is 0 Å². The zero-order chi connectivity index (χ0) is 8.27. The van der Waals surface area contributed by atoms with E-state index >= 15 is 0 Å². The number of aryl methyl sites for hydroxylation is 1. The summed E-state index contributed by atoms with van der Waals surface area (Å²) < 4.78 is 0. The maximum atomic E-state index is 5.01. The number of hydroxylamine groups is 1. The normalized spacial score (nSPS) is 9.73. The van der Waals surface area contributed by atoms with Crippen LogP contribution in [-0.4, -0.2) is 14.2 Å². The first kappa shape index (κ1) is 8.08. The third kappa shape index (κ3) is 1.95. The van der Waals surface area contributed by atoms with Gasteiger partial charge in [0, 0.05) is 7.05 Å². The molecule has 0 aliphatic rings. The van der Waals surface area contributed by atoms with E-state index in [0.29, 0.717) is 0 Å². The SMILES string of the molecule is CON(C)c1ccc(C)cc1. The Hall–Kier alpha value is -1.02. The number of hydrogen-bond acceptors (Lipinski definition) is 2. The van der Waals surface area contributed by atoms with Gasteiger partial charge in [0.15, 0.2) is 0 Å². The Kier molecular flexibility index (Phi) is 2.49. The predicted octanol–water partition coefficient (Wildman–Crippen LogP) is 1.99. The fraction of sp³-hybridized carbons (Fsp3) is 0.333. The van der Waals surface area contributed by atoms with Crippen molar-refractivity contribution in [3.05, 3.63) is 29.8 Å². The Morgan fingerprint density at radius 2 is 1.73 bits per heavy atom. The summed E-state index contributed by atoms with van der Waals surface area (Å²) in [6.45, 7) is 2.07. The standard InChI is InChI=1S/C9H13NO/c1-8-4-6-9(7-5-8)10(2)11-3/h4-7H,1-3H3. The highest BCUT2D eigenvalue weighted by molar-refractivity contribution is 5.44. The molecule has 0 spiro atoms. The molecule has 1 rings (SSSR count). The molecule has 2 nitrogen and oxygen atoms in total. The van der Waals surface area contributed by atoms with Crippen molar-refractivity contribution in [1.29, 1.82) is 0 Å². The lowest BCUT2D eigenvalue weighted by Crippen LogP contribution is -2.14. The molecule has 0 amide bonds. The topological polar surface area (TPSA) is 12.5 Å². The highest BCUT2D eigenvalue weighted by Crippen LogP contribution is 2.12. The summed E-state index contributed by atoms with van der Waals surface area (Å²) in [7, 11) is 3.53. The minimum atomic E-state index is 1.07. The van der Waals surface area contributed by atoms with E-state index in [9.17, 15) is 0 Å². The molecule has 0 N–H and O–H groups in total. The zero-order valence-electron chi connectivity index (χ0n) is 7.16. The second-order valence-corrected chi connectivity index (χ2v) is 2.52. The lowest BCUT2D eigenvalue weighted by molar-refractivity contribution is 0.185. The smallest absolute Gasteiger partial charge is 0.0638 e. The van der Waals surface area contributed by atoms with Crippen LogP contribution in [-0.2, 0) is 4.84 Å². The highest BCUT2D eigenvalue weighted by atomic mass is 16.7. The third-order valence-electron chi connectivity index (χ3n) is 1.67. The van der Waals surface area contributed by atoms with Crippen LogP contribution in [0.1, 0.15) is 5.56 Å². The van der Waals surface area contributed by atoms with Crippen molar-refractivity contribution in [2.24, 2.45) is 0 Å². The van der Waals surface area contributed by atoms with Crippen molar-refractivity contribution < 1.29 is 4.84 Å². The molecule has 0 aromatic heterocycles. The molecule has 0 saturated carbocycles. The van der Waals surface area contributed by atoms with Crippen LogP contribution in [0.2, 0.25) is 0 Å². The predicted molar refractivity (Wildman–Crippen MR) is 46.6 cm³/mol. The van der Waals surface area contributed by atoms with E-state index in [1.54, 1.807) is 12.2 Å². The first-order chi connectivity index (χ1) is 5.24. The number of anilines is 1. The first-order valence-corrected chi connectivity index (χ1v) is 3.58. The van der Waals surface area contributed by atoms with Gasteiger partial charge >= 0.3 is 0 Å². The van der Waals surface area contributed by atoms with E-state index < -0.39 is 0 Å². The quantitative estimate of drug-likeness (QED) is 0.599. The summed E-state index contributed by atoms with van der Waals surface area (Å²) in [4.78, 5) is 5.01. The Bertz CT molecular complexity index is 218. The second-order valence-electron chi connectivity index (χ2n) is 2.52. The molecule has 0 unspecified atom stereocenters. The van der Waals surface area contributed by atoms with E-state index in [1.165, 1.54) is 5.56 Å². The molecule has 2 heteroatoms. The Morgan fingerprint density at radius 3 is 2.18 bits per heavy atom. The van der Waals surface area contributed by atoms with Crippen LogP contribution in [0.4, 0.5) is 5.69 Å². The number of rotatable bonds is 2. The molecular weight excluding hydrogens is 138 g/mol. The maximum absolute atomic E-state index is 5.01. The summed E-state index contributed by atoms with van der Waals surface area (Å²) >= 11 is 0. The van der Waals surface area contributed by atoms with Gasteiger partial charge in [-0.05, 0) is 19.1 Å². The molecule has 1 aromatic rings. The van der Waals surface area contributed by atoms with Gasteiger partial charge in [0.25, 0.3) is 0 Å². The van der Waals surface area contributed by atoms with E-state index in [4.69, 9.17) is 4.84 Å². The van der Waals surface area contributed by atoms with Gasteiger partial charge in [-0.1, -0.05) is 17.7 Å². The van der Waals surface area contributed by atoms with Crippen LogP contribution in [0.3, 0.4) is 0 Å². The fourth-order valence-electron chi connectivity index (χ4n) is 0.860. The lowest BCUT2D eigenvalue weighted by Gasteiger charge is -2.15. The molecule has 0 atom stereocenters. The average molecular weight is 151 g/mol. The average Bonchev–Trinajstić information content (AvgIpc) is 2.05. The van der Waals surface area contributed by atoms with E-state index in [0.717, 1.165) is 5.69 Å². The summed E-state index contributed by atoms with van der Waals surface area (Å²) in [6.07, 6.45) is 0. The molecule has 11 heavy (non-hydrogen) atoms. The Balaban J connectivity index is 2.81. The van der Waals surface area contributed by atoms with Crippen molar-refractivity contribution in [2.45, 2.75) is 6.92 Å². The monoisotopic (exact) mass is 151 g/mol. The highest BCUT2D eigenvalue weighted by Gasteiger charge is 1.95. The molecule has 0 aliphatic carbocycles. The number of nitrogens with zero attached hydrogens (tertiary/aromatic N) is 1. The minimum absolute atomic E-state index is 1.07. The molecule has 0 bridgehead atoms. The van der Waals surface area contributed by atoms with Crippen LogP contribution in [0.25, 0.3) is 0 Å². The molecule has 0 saturated heterocycles. The lowest BCUT2D eigenvalue weighted by atomic mass is 10.2. The van der Waals surface area contributed by atoms with Gasteiger partial charge in [0.05, 0.1) is 12.8 Å². The van der Waals surface area contributed by atoms with Crippen LogP contribution >= 0.6 is 0 Å². The number of hydrogen-bond donors (Lipinski definition) is 0. The van der Waals surface area contributed by atoms with Crippen molar-refractivity contribution in [2.75, 3.05) is 19.2 Å². The molecule has 0 radical (unpaired) electrons. The van der Waals surface area contributed by atoms with Crippen LogP contribution in [0.15, 0.2) is 24.3 Å². The molecule has 60 valence electrons. The Morgan fingerprint density at radius 1 is 1.18 bits per heavy atom. The van der Waals surface area contributed by atoms with Crippen molar-refractivity contribution in [1.82, 2.24) is 0 Å². The zero-order valence-corrected chi connectivity index (χ0v) is 7.16. The summed E-state index contributed by atoms with van der Waals surface area (Å²) in [5, 5.41) is 1.72. The van der Waals surface area contributed by atoms with Crippen molar-refractivity contribution in [3.63, 3.8) is 0 Å². The molecular formula is C9H13NO. The third-order valence-corrected chi connectivity index (χ3v) is 1.67. The molecule has 0 heterocycles. The first-order valence-electron chi connectivity index (χ1n) is 3.58. The molecule has 1 aromatic carbocycles. The van der Waals surface area contributed by atoms with Gasteiger partial charge in [0.2, 0.25) is 0 Å². The summed E-state index contributed by atoms with van der Waals surface area (Å²) in [5.41, 5.74) is 2.33. The van der Waals surface area contributed by atoms with Crippen LogP contribution in [0.5, 0.6) is 0 Å².